The van der Waals surface area contributed by atoms with Crippen LogP contribution in [-0.4, -0.2) is 26.7 Å². The molecule has 0 aromatic heterocycles. The summed E-state index contributed by atoms with van der Waals surface area (Å²) < 4.78 is 4.74. The van der Waals surface area contributed by atoms with Gasteiger partial charge in [-0.1, -0.05) is 0 Å². The summed E-state index contributed by atoms with van der Waals surface area (Å²) in [6.45, 7) is 5.01. The molecule has 1 rings (SSSR count). The fourth-order valence-electron chi connectivity index (χ4n) is 1.69. The summed E-state index contributed by atoms with van der Waals surface area (Å²) in [5.74, 6) is -0.270. The fraction of sp³-hybridized carbons (Fsp3) is 0.462. The number of hydrogen-bond acceptors (Lipinski definition) is 3. The second kappa shape index (κ2) is 5.66. The van der Waals surface area contributed by atoms with Gasteiger partial charge in [0.25, 0.3) is 0 Å². The van der Waals surface area contributed by atoms with Crippen LogP contribution in [0.15, 0.2) is 12.1 Å². The highest BCUT2D eigenvalue weighted by Gasteiger charge is 2.10. The van der Waals surface area contributed by atoms with Gasteiger partial charge in [0.2, 0.25) is 0 Å². The summed E-state index contributed by atoms with van der Waals surface area (Å²) in [5, 5.41) is 3.11. The summed E-state index contributed by atoms with van der Waals surface area (Å²) in [6, 6.07) is 3.80. The number of aryl methyl sites for hydroxylation is 1. The maximum atomic E-state index is 11.5. The van der Waals surface area contributed by atoms with Crippen LogP contribution in [0.5, 0.6) is 0 Å². The molecule has 1 aromatic carbocycles. The zero-order chi connectivity index (χ0) is 12.1. The van der Waals surface area contributed by atoms with E-state index in [-0.39, 0.29) is 5.97 Å². The molecule has 0 fully saturated rings. The minimum absolute atomic E-state index is 0.270. The van der Waals surface area contributed by atoms with E-state index in [0.717, 1.165) is 18.5 Å². The fourth-order valence-corrected chi connectivity index (χ4v) is 1.69. The first-order valence-electron chi connectivity index (χ1n) is 5.43. The van der Waals surface area contributed by atoms with Crippen LogP contribution >= 0.6 is 0 Å². The van der Waals surface area contributed by atoms with Gasteiger partial charge in [0.1, 0.15) is 0 Å². The van der Waals surface area contributed by atoms with Gasteiger partial charge >= 0.3 is 5.97 Å². The normalized spacial score (nSPS) is 10.2. The van der Waals surface area contributed by atoms with Gasteiger partial charge in [0.15, 0.2) is 0 Å². The maximum Gasteiger partial charge on any atom is 0.337 e. The second-order valence-electron chi connectivity index (χ2n) is 3.92. The first-order valence-corrected chi connectivity index (χ1v) is 5.43. The van der Waals surface area contributed by atoms with Crippen molar-refractivity contribution in [2.45, 2.75) is 20.3 Å². The van der Waals surface area contributed by atoms with Crippen LogP contribution in [0.25, 0.3) is 0 Å². The molecule has 0 aliphatic carbocycles. The Hall–Kier alpha value is -1.35. The van der Waals surface area contributed by atoms with Crippen molar-refractivity contribution in [2.24, 2.45) is 0 Å². The summed E-state index contributed by atoms with van der Waals surface area (Å²) >= 11 is 0. The standard InChI is InChI=1S/C13H19NO2/c1-9-7-12(13(15)16-4)8-11(10(9)2)5-6-14-3/h7-8,14H,5-6H2,1-4H3. The van der Waals surface area contributed by atoms with E-state index in [0.29, 0.717) is 5.56 Å². The molecule has 0 aliphatic heterocycles. The largest absolute Gasteiger partial charge is 0.465 e. The number of carbonyl (C=O) groups is 1. The van der Waals surface area contributed by atoms with E-state index >= 15 is 0 Å². The molecule has 3 nitrogen and oxygen atoms in total. The van der Waals surface area contributed by atoms with Crippen molar-refractivity contribution < 1.29 is 9.53 Å². The van der Waals surface area contributed by atoms with Gasteiger partial charge in [-0.15, -0.1) is 0 Å². The van der Waals surface area contributed by atoms with Crippen LogP contribution in [0.2, 0.25) is 0 Å². The Kier molecular flexibility index (Phi) is 4.50. The van der Waals surface area contributed by atoms with E-state index in [2.05, 4.69) is 12.2 Å². The van der Waals surface area contributed by atoms with Crippen molar-refractivity contribution >= 4 is 5.97 Å². The average Bonchev–Trinajstić information content (AvgIpc) is 2.29. The molecule has 88 valence electrons. The molecule has 0 unspecified atom stereocenters. The van der Waals surface area contributed by atoms with Crippen LogP contribution in [0.4, 0.5) is 0 Å². The highest BCUT2D eigenvalue weighted by Crippen LogP contribution is 2.17. The van der Waals surface area contributed by atoms with Crippen molar-refractivity contribution in [2.75, 3.05) is 20.7 Å². The molecule has 0 atom stereocenters. The lowest BCUT2D eigenvalue weighted by molar-refractivity contribution is 0.0600. The van der Waals surface area contributed by atoms with Crippen molar-refractivity contribution in [1.29, 1.82) is 0 Å². The van der Waals surface area contributed by atoms with Crippen LogP contribution < -0.4 is 5.32 Å². The van der Waals surface area contributed by atoms with Crippen LogP contribution in [0.3, 0.4) is 0 Å². The zero-order valence-electron chi connectivity index (χ0n) is 10.4. The number of rotatable bonds is 4. The van der Waals surface area contributed by atoms with Crippen molar-refractivity contribution in [1.82, 2.24) is 5.32 Å². The highest BCUT2D eigenvalue weighted by molar-refractivity contribution is 5.90. The van der Waals surface area contributed by atoms with Gasteiger partial charge in [-0.2, -0.15) is 0 Å². The lowest BCUT2D eigenvalue weighted by Gasteiger charge is -2.11. The Morgan fingerprint density at radius 2 is 2.06 bits per heavy atom. The first-order chi connectivity index (χ1) is 7.60. The Morgan fingerprint density at radius 1 is 1.38 bits per heavy atom. The molecule has 1 N–H and O–H groups in total. The van der Waals surface area contributed by atoms with Crippen molar-refractivity contribution in [3.05, 3.63) is 34.4 Å². The zero-order valence-corrected chi connectivity index (χ0v) is 10.4. The second-order valence-corrected chi connectivity index (χ2v) is 3.92. The van der Waals surface area contributed by atoms with Gasteiger partial charge in [-0.05, 0) is 62.7 Å². The molecule has 0 saturated heterocycles. The first kappa shape index (κ1) is 12.7. The van der Waals surface area contributed by atoms with E-state index in [1.807, 2.05) is 26.1 Å². The van der Waals surface area contributed by atoms with Gasteiger partial charge in [0, 0.05) is 0 Å². The minimum Gasteiger partial charge on any atom is -0.465 e. The molecule has 0 spiro atoms. The van der Waals surface area contributed by atoms with Gasteiger partial charge in [0.05, 0.1) is 12.7 Å². The Labute approximate surface area is 96.8 Å². The van der Waals surface area contributed by atoms with Crippen LogP contribution in [0, 0.1) is 13.8 Å². The maximum absolute atomic E-state index is 11.5. The third kappa shape index (κ3) is 2.83. The molecule has 0 amide bonds. The van der Waals surface area contributed by atoms with Crippen molar-refractivity contribution in [3.63, 3.8) is 0 Å². The van der Waals surface area contributed by atoms with Gasteiger partial charge < -0.3 is 10.1 Å². The number of hydrogen-bond donors (Lipinski definition) is 1. The smallest absolute Gasteiger partial charge is 0.337 e. The van der Waals surface area contributed by atoms with E-state index in [1.165, 1.54) is 18.2 Å². The predicted molar refractivity (Wildman–Crippen MR) is 64.9 cm³/mol. The monoisotopic (exact) mass is 221 g/mol. The Balaban J connectivity index is 3.06. The molecule has 1 aromatic rings. The van der Waals surface area contributed by atoms with E-state index in [1.54, 1.807) is 0 Å². The molecule has 0 radical (unpaired) electrons. The molecular formula is C13H19NO2. The summed E-state index contributed by atoms with van der Waals surface area (Å²) in [7, 11) is 3.33. The lowest BCUT2D eigenvalue weighted by Crippen LogP contribution is -2.12. The topological polar surface area (TPSA) is 38.3 Å². The quantitative estimate of drug-likeness (QED) is 0.789. The van der Waals surface area contributed by atoms with E-state index in [4.69, 9.17) is 4.74 Å². The van der Waals surface area contributed by atoms with Gasteiger partial charge in [-0.25, -0.2) is 4.79 Å². The van der Waals surface area contributed by atoms with Crippen LogP contribution in [-0.2, 0) is 11.2 Å². The molecule has 3 heteroatoms. The van der Waals surface area contributed by atoms with E-state index < -0.39 is 0 Å². The minimum atomic E-state index is -0.270. The SMILES string of the molecule is CNCCc1cc(C(=O)OC)cc(C)c1C. The number of nitrogens with one attached hydrogen (secondary N) is 1. The molecular weight excluding hydrogens is 202 g/mol. The highest BCUT2D eigenvalue weighted by atomic mass is 16.5. The third-order valence-corrected chi connectivity index (χ3v) is 2.84. The summed E-state index contributed by atoms with van der Waals surface area (Å²) in [4.78, 5) is 11.5. The number of esters is 1. The third-order valence-electron chi connectivity index (χ3n) is 2.84. The number of likely N-dealkylation sites (N-methyl/N-ethyl adjacent to an activating group) is 1. The van der Waals surface area contributed by atoms with Crippen LogP contribution in [0.1, 0.15) is 27.0 Å². The van der Waals surface area contributed by atoms with E-state index in [9.17, 15) is 4.79 Å². The molecule has 0 heterocycles. The number of methoxy groups -OCH3 is 1. The lowest BCUT2D eigenvalue weighted by atomic mass is 9.97. The van der Waals surface area contributed by atoms with Crippen molar-refractivity contribution in [3.8, 4) is 0 Å². The summed E-state index contributed by atoms with van der Waals surface area (Å²) in [6.07, 6.45) is 0.925. The molecule has 0 bridgehead atoms. The summed E-state index contributed by atoms with van der Waals surface area (Å²) in [5.41, 5.74) is 4.23. The molecule has 0 aliphatic rings. The predicted octanol–water partition coefficient (Wildman–Crippen LogP) is 1.85. The molecule has 0 saturated carbocycles. The Morgan fingerprint density at radius 3 is 2.62 bits per heavy atom. The molecule has 16 heavy (non-hydrogen) atoms. The number of carbonyl (C=O) groups excluding carboxylic acids is 1. The average molecular weight is 221 g/mol. The number of benzene rings is 1. The number of ether oxygens (including phenoxy) is 1. The van der Waals surface area contributed by atoms with Gasteiger partial charge in [-0.3, -0.25) is 0 Å². The Bertz CT molecular complexity index is 386.